The SMILES string of the molecule is Cc1cc(N(C)Cc2ccoc2C)ccc1CNC1CC1. The molecule has 0 amide bonds. The normalized spacial score (nSPS) is 14.4. The maximum Gasteiger partial charge on any atom is 0.105 e. The first-order chi connectivity index (χ1) is 10.1. The molecule has 0 unspecified atom stereocenters. The molecule has 2 aromatic rings. The Morgan fingerprint density at radius 1 is 1.19 bits per heavy atom. The summed E-state index contributed by atoms with van der Waals surface area (Å²) in [5, 5.41) is 3.58. The number of hydrogen-bond acceptors (Lipinski definition) is 3. The summed E-state index contributed by atoms with van der Waals surface area (Å²) in [6, 6.07) is 9.55. The summed E-state index contributed by atoms with van der Waals surface area (Å²) >= 11 is 0. The molecule has 1 aromatic carbocycles. The number of nitrogens with one attached hydrogen (secondary N) is 1. The van der Waals surface area contributed by atoms with Gasteiger partial charge < -0.3 is 14.6 Å². The number of anilines is 1. The summed E-state index contributed by atoms with van der Waals surface area (Å²) < 4.78 is 5.37. The van der Waals surface area contributed by atoms with Crippen LogP contribution < -0.4 is 10.2 Å². The second-order valence-corrected chi connectivity index (χ2v) is 6.12. The third kappa shape index (κ3) is 3.48. The van der Waals surface area contributed by atoms with Crippen LogP contribution in [-0.2, 0) is 13.1 Å². The monoisotopic (exact) mass is 284 g/mol. The quantitative estimate of drug-likeness (QED) is 0.875. The summed E-state index contributed by atoms with van der Waals surface area (Å²) in [6.07, 6.45) is 4.43. The van der Waals surface area contributed by atoms with E-state index in [0.717, 1.165) is 24.9 Å². The van der Waals surface area contributed by atoms with Gasteiger partial charge in [-0.05, 0) is 56.0 Å². The highest BCUT2D eigenvalue weighted by Gasteiger charge is 2.20. The zero-order valence-corrected chi connectivity index (χ0v) is 13.1. The molecule has 1 heterocycles. The highest BCUT2D eigenvalue weighted by molar-refractivity contribution is 5.50. The van der Waals surface area contributed by atoms with Crippen molar-refractivity contribution < 1.29 is 4.42 Å². The molecule has 0 saturated heterocycles. The summed E-state index contributed by atoms with van der Waals surface area (Å²) in [5.74, 6) is 1.00. The molecule has 3 heteroatoms. The molecule has 1 aliphatic carbocycles. The van der Waals surface area contributed by atoms with Crippen LogP contribution in [0.3, 0.4) is 0 Å². The average molecular weight is 284 g/mol. The zero-order valence-electron chi connectivity index (χ0n) is 13.1. The van der Waals surface area contributed by atoms with Crippen LogP contribution in [0.5, 0.6) is 0 Å². The first-order valence-corrected chi connectivity index (χ1v) is 7.70. The van der Waals surface area contributed by atoms with E-state index in [9.17, 15) is 0 Å². The number of furan rings is 1. The Bertz CT molecular complexity index is 613. The number of nitrogens with zero attached hydrogens (tertiary/aromatic N) is 1. The van der Waals surface area contributed by atoms with Gasteiger partial charge in [0.15, 0.2) is 0 Å². The van der Waals surface area contributed by atoms with Gasteiger partial charge in [-0.2, -0.15) is 0 Å². The van der Waals surface area contributed by atoms with Gasteiger partial charge in [-0.3, -0.25) is 0 Å². The molecular formula is C18H24N2O. The van der Waals surface area contributed by atoms with E-state index in [-0.39, 0.29) is 0 Å². The molecule has 1 saturated carbocycles. The number of hydrogen-bond donors (Lipinski definition) is 1. The van der Waals surface area contributed by atoms with Crippen LogP contribution in [0.15, 0.2) is 34.9 Å². The molecule has 0 atom stereocenters. The second kappa shape index (κ2) is 5.94. The van der Waals surface area contributed by atoms with Crippen molar-refractivity contribution in [2.45, 2.75) is 45.8 Å². The van der Waals surface area contributed by atoms with Crippen LogP contribution in [0.1, 0.15) is 35.3 Å². The van der Waals surface area contributed by atoms with Crippen LogP contribution in [0.25, 0.3) is 0 Å². The first kappa shape index (κ1) is 14.2. The van der Waals surface area contributed by atoms with Gasteiger partial charge in [-0.15, -0.1) is 0 Å². The lowest BCUT2D eigenvalue weighted by Gasteiger charge is -2.20. The Morgan fingerprint density at radius 2 is 2.00 bits per heavy atom. The lowest BCUT2D eigenvalue weighted by molar-refractivity contribution is 0.529. The Morgan fingerprint density at radius 3 is 2.62 bits per heavy atom. The van der Waals surface area contributed by atoms with Crippen molar-refractivity contribution in [1.29, 1.82) is 0 Å². The standard InChI is InChI=1S/C18H24N2O/c1-13-10-18(7-4-15(13)11-19-17-5-6-17)20(3)12-16-8-9-21-14(16)2/h4,7-10,17,19H,5-6,11-12H2,1-3H3. The first-order valence-electron chi connectivity index (χ1n) is 7.70. The fraction of sp³-hybridized carbons (Fsp3) is 0.444. The molecule has 3 nitrogen and oxygen atoms in total. The third-order valence-corrected chi connectivity index (χ3v) is 4.30. The average Bonchev–Trinajstić information content (AvgIpc) is 3.21. The molecule has 1 N–H and O–H groups in total. The Hall–Kier alpha value is -1.74. The minimum Gasteiger partial charge on any atom is -0.469 e. The van der Waals surface area contributed by atoms with Gasteiger partial charge in [0.1, 0.15) is 5.76 Å². The van der Waals surface area contributed by atoms with E-state index >= 15 is 0 Å². The van der Waals surface area contributed by atoms with E-state index in [1.54, 1.807) is 6.26 Å². The third-order valence-electron chi connectivity index (χ3n) is 4.30. The fourth-order valence-corrected chi connectivity index (χ4v) is 2.58. The van der Waals surface area contributed by atoms with E-state index in [2.05, 4.69) is 42.4 Å². The molecule has 0 spiro atoms. The van der Waals surface area contributed by atoms with Crippen LogP contribution in [0.2, 0.25) is 0 Å². The van der Waals surface area contributed by atoms with E-state index in [4.69, 9.17) is 4.42 Å². The van der Waals surface area contributed by atoms with Gasteiger partial charge >= 0.3 is 0 Å². The molecule has 0 aliphatic heterocycles. The van der Waals surface area contributed by atoms with E-state index in [1.807, 2.05) is 13.0 Å². The summed E-state index contributed by atoms with van der Waals surface area (Å²) in [4.78, 5) is 2.27. The molecule has 1 aromatic heterocycles. The fourth-order valence-electron chi connectivity index (χ4n) is 2.58. The second-order valence-electron chi connectivity index (χ2n) is 6.12. The van der Waals surface area contributed by atoms with Crippen molar-refractivity contribution in [2.24, 2.45) is 0 Å². The van der Waals surface area contributed by atoms with Crippen molar-refractivity contribution >= 4 is 5.69 Å². The Balaban J connectivity index is 1.66. The van der Waals surface area contributed by atoms with Gasteiger partial charge in [0.25, 0.3) is 0 Å². The Labute approximate surface area is 127 Å². The lowest BCUT2D eigenvalue weighted by atomic mass is 10.1. The molecule has 1 fully saturated rings. The summed E-state index contributed by atoms with van der Waals surface area (Å²) in [6.45, 7) is 6.08. The van der Waals surface area contributed by atoms with Gasteiger partial charge in [0.2, 0.25) is 0 Å². The van der Waals surface area contributed by atoms with Crippen LogP contribution >= 0.6 is 0 Å². The summed E-state index contributed by atoms with van der Waals surface area (Å²) in [7, 11) is 2.13. The van der Waals surface area contributed by atoms with Gasteiger partial charge in [0, 0.05) is 37.4 Å². The maximum atomic E-state index is 5.37. The molecule has 0 bridgehead atoms. The van der Waals surface area contributed by atoms with Crippen LogP contribution in [-0.4, -0.2) is 13.1 Å². The lowest BCUT2D eigenvalue weighted by Crippen LogP contribution is -2.18. The highest BCUT2D eigenvalue weighted by Crippen LogP contribution is 2.23. The Kier molecular flexibility index (Phi) is 4.02. The van der Waals surface area contributed by atoms with Crippen molar-refractivity contribution in [3.05, 3.63) is 53.0 Å². The molecular weight excluding hydrogens is 260 g/mol. The number of benzene rings is 1. The molecule has 3 rings (SSSR count). The van der Waals surface area contributed by atoms with Gasteiger partial charge in [-0.25, -0.2) is 0 Å². The topological polar surface area (TPSA) is 28.4 Å². The van der Waals surface area contributed by atoms with Crippen LogP contribution in [0, 0.1) is 13.8 Å². The van der Waals surface area contributed by atoms with Gasteiger partial charge in [0.05, 0.1) is 6.26 Å². The zero-order chi connectivity index (χ0) is 14.8. The van der Waals surface area contributed by atoms with Crippen molar-refractivity contribution in [3.8, 4) is 0 Å². The van der Waals surface area contributed by atoms with Gasteiger partial charge in [-0.1, -0.05) is 6.07 Å². The largest absolute Gasteiger partial charge is 0.469 e. The van der Waals surface area contributed by atoms with Crippen molar-refractivity contribution in [1.82, 2.24) is 5.32 Å². The summed E-state index contributed by atoms with van der Waals surface area (Å²) in [5.41, 5.74) is 5.26. The molecule has 0 radical (unpaired) electrons. The smallest absolute Gasteiger partial charge is 0.105 e. The predicted molar refractivity (Wildman–Crippen MR) is 86.6 cm³/mol. The number of aryl methyl sites for hydroxylation is 2. The number of rotatable bonds is 6. The maximum absolute atomic E-state index is 5.37. The predicted octanol–water partition coefficient (Wildman–Crippen LogP) is 3.78. The molecule has 112 valence electrons. The van der Waals surface area contributed by atoms with Crippen molar-refractivity contribution in [3.63, 3.8) is 0 Å². The molecule has 1 aliphatic rings. The molecule has 21 heavy (non-hydrogen) atoms. The minimum atomic E-state index is 0.760. The van der Waals surface area contributed by atoms with Crippen LogP contribution in [0.4, 0.5) is 5.69 Å². The van der Waals surface area contributed by atoms with E-state index < -0.39 is 0 Å². The minimum absolute atomic E-state index is 0.760. The van der Waals surface area contributed by atoms with E-state index in [1.165, 1.54) is 35.2 Å². The van der Waals surface area contributed by atoms with Crippen molar-refractivity contribution in [2.75, 3.05) is 11.9 Å². The van der Waals surface area contributed by atoms with E-state index in [0.29, 0.717) is 0 Å². The highest BCUT2D eigenvalue weighted by atomic mass is 16.3.